The van der Waals surface area contributed by atoms with Gasteiger partial charge in [0.2, 0.25) is 0 Å². The zero-order valence-electron chi connectivity index (χ0n) is 11.9. The number of rotatable bonds is 3. The third-order valence-electron chi connectivity index (χ3n) is 3.69. The third-order valence-corrected chi connectivity index (χ3v) is 3.69. The first-order valence-corrected chi connectivity index (χ1v) is 6.53. The summed E-state index contributed by atoms with van der Waals surface area (Å²) >= 11 is 0. The van der Waals surface area contributed by atoms with Crippen LogP contribution in [-0.2, 0) is 0 Å². The Hall–Kier alpha value is -1.67. The molecule has 2 heteroatoms. The quantitative estimate of drug-likeness (QED) is 0.874. The summed E-state index contributed by atoms with van der Waals surface area (Å²) in [5.74, 6) is -0.199. The predicted molar refractivity (Wildman–Crippen MR) is 78.0 cm³/mol. The van der Waals surface area contributed by atoms with Crippen molar-refractivity contribution < 1.29 is 4.39 Å². The van der Waals surface area contributed by atoms with E-state index in [1.165, 1.54) is 34.4 Å². The van der Waals surface area contributed by atoms with Gasteiger partial charge in [-0.15, -0.1) is 0 Å². The number of aryl methyl sites for hydroxylation is 3. The smallest absolute Gasteiger partial charge is 0.123 e. The van der Waals surface area contributed by atoms with Crippen molar-refractivity contribution in [2.75, 3.05) is 7.05 Å². The summed E-state index contributed by atoms with van der Waals surface area (Å²) < 4.78 is 13.0. The summed E-state index contributed by atoms with van der Waals surface area (Å²) in [4.78, 5) is 0. The number of nitrogens with one attached hydrogen (secondary N) is 1. The molecule has 0 fully saturated rings. The molecular weight excluding hydrogens is 237 g/mol. The van der Waals surface area contributed by atoms with E-state index in [0.29, 0.717) is 0 Å². The summed E-state index contributed by atoms with van der Waals surface area (Å²) in [7, 11) is 1.93. The highest BCUT2D eigenvalue weighted by molar-refractivity contribution is 5.42. The summed E-state index contributed by atoms with van der Waals surface area (Å²) in [6, 6.07) is 11.2. The maximum atomic E-state index is 13.0. The second-order valence-electron chi connectivity index (χ2n) is 5.07. The van der Waals surface area contributed by atoms with Crippen LogP contribution >= 0.6 is 0 Å². The van der Waals surface area contributed by atoms with Gasteiger partial charge in [0.1, 0.15) is 5.82 Å². The van der Waals surface area contributed by atoms with Crippen LogP contribution in [0.3, 0.4) is 0 Å². The molecular formula is C17H20FN. The molecule has 100 valence electrons. The van der Waals surface area contributed by atoms with Crippen molar-refractivity contribution in [3.05, 3.63) is 70.0 Å². The molecule has 0 heterocycles. The first-order valence-electron chi connectivity index (χ1n) is 6.53. The molecule has 2 aromatic carbocycles. The lowest BCUT2D eigenvalue weighted by molar-refractivity contribution is 0.623. The van der Waals surface area contributed by atoms with Gasteiger partial charge in [-0.2, -0.15) is 0 Å². The minimum atomic E-state index is -0.199. The highest BCUT2D eigenvalue weighted by atomic mass is 19.1. The van der Waals surface area contributed by atoms with E-state index in [0.717, 1.165) is 5.56 Å². The molecule has 1 unspecified atom stereocenters. The Kier molecular flexibility index (Phi) is 4.01. The molecule has 2 aromatic rings. The maximum absolute atomic E-state index is 13.0. The van der Waals surface area contributed by atoms with Gasteiger partial charge in [-0.25, -0.2) is 4.39 Å². The Morgan fingerprint density at radius 3 is 2.05 bits per heavy atom. The number of halogens is 1. The molecule has 0 aliphatic rings. The Labute approximate surface area is 114 Å². The lowest BCUT2D eigenvalue weighted by Crippen LogP contribution is -2.19. The van der Waals surface area contributed by atoms with Crippen LogP contribution in [0, 0.1) is 26.6 Å². The number of benzene rings is 2. The molecule has 0 aliphatic heterocycles. The van der Waals surface area contributed by atoms with E-state index >= 15 is 0 Å². The van der Waals surface area contributed by atoms with E-state index in [2.05, 4.69) is 38.2 Å². The summed E-state index contributed by atoms with van der Waals surface area (Å²) in [5, 5.41) is 3.32. The lowest BCUT2D eigenvalue weighted by Gasteiger charge is -2.21. The minimum Gasteiger partial charge on any atom is -0.309 e. The Bertz CT molecular complexity index is 573. The first-order chi connectivity index (χ1) is 9.02. The highest BCUT2D eigenvalue weighted by Crippen LogP contribution is 2.27. The topological polar surface area (TPSA) is 12.0 Å². The second kappa shape index (κ2) is 5.54. The zero-order valence-corrected chi connectivity index (χ0v) is 11.9. The largest absolute Gasteiger partial charge is 0.309 e. The average Bonchev–Trinajstić information content (AvgIpc) is 2.38. The molecule has 19 heavy (non-hydrogen) atoms. The van der Waals surface area contributed by atoms with E-state index in [4.69, 9.17) is 0 Å². The molecule has 0 saturated heterocycles. The standard InChI is InChI=1S/C17H20FN/c1-11-9-13(3)16(10-12(11)2)17(19-4)14-5-7-15(18)8-6-14/h5-10,17,19H,1-4H3. The van der Waals surface area contributed by atoms with Gasteiger partial charge >= 0.3 is 0 Å². The molecule has 0 bridgehead atoms. The predicted octanol–water partition coefficient (Wildman–Crippen LogP) is 4.06. The molecule has 0 amide bonds. The molecule has 0 aliphatic carbocycles. The van der Waals surface area contributed by atoms with Crippen LogP contribution in [0.4, 0.5) is 4.39 Å². The number of hydrogen-bond acceptors (Lipinski definition) is 1. The van der Waals surface area contributed by atoms with E-state index in [-0.39, 0.29) is 11.9 Å². The van der Waals surface area contributed by atoms with Crippen LogP contribution < -0.4 is 5.32 Å². The molecule has 2 rings (SSSR count). The zero-order chi connectivity index (χ0) is 14.0. The van der Waals surface area contributed by atoms with E-state index in [1.807, 2.05) is 19.2 Å². The fourth-order valence-electron chi connectivity index (χ4n) is 2.45. The van der Waals surface area contributed by atoms with Crippen molar-refractivity contribution in [2.45, 2.75) is 26.8 Å². The average molecular weight is 257 g/mol. The van der Waals surface area contributed by atoms with Crippen molar-refractivity contribution in [2.24, 2.45) is 0 Å². The van der Waals surface area contributed by atoms with Gasteiger partial charge in [0.25, 0.3) is 0 Å². The van der Waals surface area contributed by atoms with Crippen molar-refractivity contribution >= 4 is 0 Å². The van der Waals surface area contributed by atoms with Gasteiger partial charge in [-0.3, -0.25) is 0 Å². The molecule has 0 saturated carbocycles. The van der Waals surface area contributed by atoms with Crippen LogP contribution in [0.2, 0.25) is 0 Å². The Morgan fingerprint density at radius 2 is 1.47 bits per heavy atom. The van der Waals surface area contributed by atoms with Crippen LogP contribution in [-0.4, -0.2) is 7.05 Å². The van der Waals surface area contributed by atoms with Gasteiger partial charge in [0.05, 0.1) is 6.04 Å². The molecule has 1 atom stereocenters. The van der Waals surface area contributed by atoms with Crippen molar-refractivity contribution in [1.82, 2.24) is 5.32 Å². The van der Waals surface area contributed by atoms with E-state index in [1.54, 1.807) is 0 Å². The van der Waals surface area contributed by atoms with Gasteiger partial charge < -0.3 is 5.32 Å². The second-order valence-corrected chi connectivity index (χ2v) is 5.07. The maximum Gasteiger partial charge on any atom is 0.123 e. The summed E-state index contributed by atoms with van der Waals surface area (Å²) in [5.41, 5.74) is 6.16. The fraction of sp³-hybridized carbons (Fsp3) is 0.294. The lowest BCUT2D eigenvalue weighted by atomic mass is 9.92. The van der Waals surface area contributed by atoms with Crippen LogP contribution in [0.25, 0.3) is 0 Å². The SMILES string of the molecule is CNC(c1ccc(F)cc1)c1cc(C)c(C)cc1C. The molecule has 1 nitrogen and oxygen atoms in total. The molecule has 0 aromatic heterocycles. The monoisotopic (exact) mass is 257 g/mol. The summed E-state index contributed by atoms with van der Waals surface area (Å²) in [6.07, 6.45) is 0. The van der Waals surface area contributed by atoms with Crippen LogP contribution in [0.5, 0.6) is 0 Å². The minimum absolute atomic E-state index is 0.0971. The Morgan fingerprint density at radius 1 is 0.895 bits per heavy atom. The van der Waals surface area contributed by atoms with E-state index < -0.39 is 0 Å². The molecule has 1 N–H and O–H groups in total. The van der Waals surface area contributed by atoms with E-state index in [9.17, 15) is 4.39 Å². The fourth-order valence-corrected chi connectivity index (χ4v) is 2.45. The summed E-state index contributed by atoms with van der Waals surface area (Å²) in [6.45, 7) is 6.36. The Balaban J connectivity index is 2.47. The highest BCUT2D eigenvalue weighted by Gasteiger charge is 2.15. The normalized spacial score (nSPS) is 12.5. The van der Waals surface area contributed by atoms with Gasteiger partial charge in [0.15, 0.2) is 0 Å². The van der Waals surface area contributed by atoms with Gasteiger partial charge in [0, 0.05) is 0 Å². The van der Waals surface area contributed by atoms with Crippen molar-refractivity contribution in [3.63, 3.8) is 0 Å². The molecule has 0 spiro atoms. The number of hydrogen-bond donors (Lipinski definition) is 1. The van der Waals surface area contributed by atoms with Crippen molar-refractivity contribution in [1.29, 1.82) is 0 Å². The van der Waals surface area contributed by atoms with Gasteiger partial charge in [-0.1, -0.05) is 24.3 Å². The van der Waals surface area contributed by atoms with Crippen molar-refractivity contribution in [3.8, 4) is 0 Å². The van der Waals surface area contributed by atoms with Crippen LogP contribution in [0.1, 0.15) is 33.9 Å². The van der Waals surface area contributed by atoms with Crippen LogP contribution in [0.15, 0.2) is 36.4 Å². The first kappa shape index (κ1) is 13.8. The van der Waals surface area contributed by atoms with Gasteiger partial charge in [-0.05, 0) is 67.8 Å². The molecule has 0 radical (unpaired) electrons. The third kappa shape index (κ3) is 2.85.